The number of hydrogen-bond acceptors (Lipinski definition) is 13. The number of benzene rings is 4. The van der Waals surface area contributed by atoms with Crippen molar-refractivity contribution in [2.24, 2.45) is 10.3 Å². The van der Waals surface area contributed by atoms with Gasteiger partial charge in [-0.15, -0.1) is 0 Å². The van der Waals surface area contributed by atoms with Gasteiger partial charge in [-0.2, -0.15) is 0 Å². The van der Waals surface area contributed by atoms with Gasteiger partial charge in [0.1, 0.15) is 28.5 Å². The Bertz CT molecular complexity index is 2530. The normalized spacial score (nSPS) is 14.5. The molecule has 2 fully saturated rings. The summed E-state index contributed by atoms with van der Waals surface area (Å²) in [5.41, 5.74) is 13.0. The second-order valence-corrected chi connectivity index (χ2v) is 14.7. The molecule has 4 aliphatic carbocycles. The molecule has 0 amide bonds. The predicted octanol–water partition coefficient (Wildman–Crippen LogP) is 11.4. The van der Waals surface area contributed by atoms with E-state index in [1.807, 2.05) is 18.2 Å². The van der Waals surface area contributed by atoms with Crippen molar-refractivity contribution >= 4 is 56.1 Å². The summed E-state index contributed by atoms with van der Waals surface area (Å²) >= 11 is 0. The van der Waals surface area contributed by atoms with Crippen LogP contribution in [-0.4, -0.2) is 31.4 Å². The van der Waals surface area contributed by atoms with Gasteiger partial charge in [-0.25, -0.2) is 4.39 Å². The van der Waals surface area contributed by atoms with Crippen LogP contribution in [0, 0.1) is 36.2 Å². The summed E-state index contributed by atoms with van der Waals surface area (Å²) in [4.78, 5) is 34.9. The van der Waals surface area contributed by atoms with Gasteiger partial charge in [0.05, 0.1) is 26.2 Å². The van der Waals surface area contributed by atoms with E-state index in [0.717, 1.165) is 127 Å². The molecule has 0 saturated heterocycles. The highest BCUT2D eigenvalue weighted by atomic mass is 19.1. The molecule has 17 heteroatoms. The van der Waals surface area contributed by atoms with E-state index in [1.165, 1.54) is 67.0 Å². The first-order valence-corrected chi connectivity index (χ1v) is 20.0. The summed E-state index contributed by atoms with van der Waals surface area (Å²) in [6, 6.07) is 20.9. The molecule has 0 bridgehead atoms. The summed E-state index contributed by atoms with van der Waals surface area (Å²) in [6.07, 6.45) is 15.2. The molecule has 0 spiro atoms. The standard InChI is InChI=1S/C11H12N2O3.C11H9NO3.C11H11NO.C6H4FNO2.C5H9NO/c14-13(15)10-5-7-11(8-6-10)16-12-9-3-1-2-4-9;13-12(14)7-4-5-11-9(6-7)8-2-1-3-10(8)15-11;12-7-4-5-11-9(6-7)8-2-1-3-10(8)13-11;7-5-1-3-6(4-2-5)8(9)10;7-6-5-3-1-2-4-5/h5-8H,1-4H2;4-6H,1-3H2;4-6H,1-3,12H2;1-4H;7H,1-4H2. The van der Waals surface area contributed by atoms with Gasteiger partial charge in [0.15, 0.2) is 5.75 Å². The van der Waals surface area contributed by atoms with Crippen LogP contribution in [0.15, 0.2) is 104 Å². The second kappa shape index (κ2) is 20.7. The molecule has 4 aliphatic rings. The van der Waals surface area contributed by atoms with Crippen molar-refractivity contribution in [1.82, 2.24) is 0 Å². The van der Waals surface area contributed by atoms with E-state index in [9.17, 15) is 34.7 Å². The van der Waals surface area contributed by atoms with Crippen LogP contribution in [0.25, 0.3) is 21.9 Å². The number of nitrogens with zero attached hydrogens (tertiary/aromatic N) is 5. The van der Waals surface area contributed by atoms with Gasteiger partial charge >= 0.3 is 0 Å². The lowest BCUT2D eigenvalue weighted by atomic mass is 10.1. The second-order valence-electron chi connectivity index (χ2n) is 14.7. The molecular formula is C44H45FN6O10. The highest BCUT2D eigenvalue weighted by Crippen LogP contribution is 2.35. The fourth-order valence-electron chi connectivity index (χ4n) is 7.39. The Morgan fingerprint density at radius 2 is 1.03 bits per heavy atom. The monoisotopic (exact) mass is 836 g/mol. The molecule has 4 aromatic carbocycles. The number of fused-ring (bicyclic) bond motifs is 6. The summed E-state index contributed by atoms with van der Waals surface area (Å²) < 4.78 is 23.5. The van der Waals surface area contributed by atoms with Crippen LogP contribution in [0.1, 0.15) is 86.9 Å². The van der Waals surface area contributed by atoms with Crippen LogP contribution < -0.4 is 10.6 Å². The highest BCUT2D eigenvalue weighted by Gasteiger charge is 2.21. The number of halogens is 1. The molecular weight excluding hydrogens is 792 g/mol. The number of furan rings is 2. The van der Waals surface area contributed by atoms with Crippen LogP contribution in [0.5, 0.6) is 5.75 Å². The van der Waals surface area contributed by atoms with E-state index in [0.29, 0.717) is 5.75 Å². The molecule has 318 valence electrons. The molecule has 10 rings (SSSR count). The van der Waals surface area contributed by atoms with Gasteiger partial charge in [0.2, 0.25) is 0 Å². The third-order valence-corrected chi connectivity index (χ3v) is 10.5. The lowest BCUT2D eigenvalue weighted by molar-refractivity contribution is -0.385. The molecule has 3 N–H and O–H groups in total. The van der Waals surface area contributed by atoms with Gasteiger partial charge < -0.3 is 24.6 Å². The molecule has 16 nitrogen and oxygen atoms in total. The van der Waals surface area contributed by atoms with Gasteiger partial charge in [-0.05, 0) is 126 Å². The van der Waals surface area contributed by atoms with Crippen molar-refractivity contribution < 1.29 is 38.0 Å². The van der Waals surface area contributed by atoms with Crippen molar-refractivity contribution in [3.63, 3.8) is 0 Å². The van der Waals surface area contributed by atoms with Crippen LogP contribution >= 0.6 is 0 Å². The molecule has 2 saturated carbocycles. The molecule has 0 aliphatic heterocycles. The number of nitrogens with two attached hydrogens (primary N) is 1. The van der Waals surface area contributed by atoms with Crippen molar-refractivity contribution in [3.8, 4) is 5.75 Å². The third-order valence-electron chi connectivity index (χ3n) is 10.5. The number of hydrogen-bond donors (Lipinski definition) is 2. The van der Waals surface area contributed by atoms with E-state index in [-0.39, 0.29) is 22.0 Å². The van der Waals surface area contributed by atoms with Crippen LogP contribution in [-0.2, 0) is 25.7 Å². The number of non-ortho nitro benzene ring substituents is 3. The number of oxime groups is 2. The maximum atomic E-state index is 12.1. The van der Waals surface area contributed by atoms with Crippen molar-refractivity contribution in [2.75, 3.05) is 5.73 Å². The average molecular weight is 837 g/mol. The zero-order chi connectivity index (χ0) is 43.3. The molecule has 61 heavy (non-hydrogen) atoms. The van der Waals surface area contributed by atoms with Gasteiger partial charge in [0.25, 0.3) is 17.1 Å². The number of nitro groups is 3. The van der Waals surface area contributed by atoms with Crippen LogP contribution in [0.3, 0.4) is 0 Å². The van der Waals surface area contributed by atoms with Crippen LogP contribution in [0.4, 0.5) is 27.1 Å². The minimum absolute atomic E-state index is 0.0564. The Labute approximate surface area is 348 Å². The van der Waals surface area contributed by atoms with Crippen LogP contribution in [0.2, 0.25) is 0 Å². The minimum atomic E-state index is -0.570. The number of aryl methyl sites for hydroxylation is 4. The number of nitro benzene ring substituents is 3. The number of nitrogen functional groups attached to an aromatic ring is 1. The van der Waals surface area contributed by atoms with Gasteiger partial charge in [-0.3, -0.25) is 30.3 Å². The Morgan fingerprint density at radius 1 is 0.574 bits per heavy atom. The number of anilines is 1. The summed E-state index contributed by atoms with van der Waals surface area (Å²) in [5, 5.41) is 48.5. The fourth-order valence-corrected chi connectivity index (χ4v) is 7.39. The smallest absolute Gasteiger partial charge is 0.270 e. The zero-order valence-corrected chi connectivity index (χ0v) is 33.3. The van der Waals surface area contributed by atoms with E-state index >= 15 is 0 Å². The quantitative estimate of drug-likeness (QED) is 0.0716. The van der Waals surface area contributed by atoms with E-state index < -0.39 is 15.7 Å². The molecule has 0 unspecified atom stereocenters. The predicted molar refractivity (Wildman–Crippen MR) is 228 cm³/mol. The van der Waals surface area contributed by atoms with Crippen molar-refractivity contribution in [2.45, 2.75) is 89.9 Å². The maximum Gasteiger partial charge on any atom is 0.270 e. The summed E-state index contributed by atoms with van der Waals surface area (Å²) in [7, 11) is 0. The first-order valence-electron chi connectivity index (χ1n) is 20.0. The largest absolute Gasteiger partial charge is 0.461 e. The van der Waals surface area contributed by atoms with E-state index in [4.69, 9.17) is 24.6 Å². The minimum Gasteiger partial charge on any atom is -0.461 e. The van der Waals surface area contributed by atoms with Crippen molar-refractivity contribution in [3.05, 3.63) is 144 Å². The molecule has 0 atom stereocenters. The summed E-state index contributed by atoms with van der Waals surface area (Å²) in [6.45, 7) is 0. The average Bonchev–Trinajstić information content (AvgIpc) is 4.12. The lowest BCUT2D eigenvalue weighted by Crippen LogP contribution is -1.93. The maximum absolute atomic E-state index is 12.1. The zero-order valence-electron chi connectivity index (χ0n) is 33.3. The Kier molecular flexibility index (Phi) is 14.7. The van der Waals surface area contributed by atoms with Gasteiger partial charge in [0, 0.05) is 76.8 Å². The van der Waals surface area contributed by atoms with E-state index in [2.05, 4.69) is 10.3 Å². The first kappa shape index (κ1) is 43.4. The lowest BCUT2D eigenvalue weighted by Gasteiger charge is -1.99. The Hall–Kier alpha value is -7.17. The molecule has 2 heterocycles. The van der Waals surface area contributed by atoms with Gasteiger partial charge in [-0.1, -0.05) is 10.3 Å². The van der Waals surface area contributed by atoms with Crippen molar-refractivity contribution in [1.29, 1.82) is 0 Å². The highest BCUT2D eigenvalue weighted by molar-refractivity contribution is 5.87. The number of rotatable bonds is 5. The first-order chi connectivity index (χ1) is 29.5. The molecule has 6 aromatic rings. The third kappa shape index (κ3) is 11.7. The molecule has 0 radical (unpaired) electrons. The van der Waals surface area contributed by atoms with E-state index in [1.54, 1.807) is 24.3 Å². The Balaban J connectivity index is 0.000000131. The summed E-state index contributed by atoms with van der Waals surface area (Å²) in [5.74, 6) is 2.24. The molecule has 2 aromatic heterocycles. The topological polar surface area (TPSA) is 236 Å². The SMILES string of the molecule is Nc1ccc2oc3c(c2c1)CCC3.O=[N+]([O-])c1ccc(F)cc1.O=[N+]([O-])c1ccc(ON=C2CCCC2)cc1.O=[N+]([O-])c1ccc2oc3c(c2c1)CCC3.ON=C1CCCC1. The fraction of sp³-hybridized carbons (Fsp3) is 0.318. The Morgan fingerprint density at radius 3 is 1.52 bits per heavy atom.